The Morgan fingerprint density at radius 1 is 1.44 bits per heavy atom. The van der Waals surface area contributed by atoms with Crippen LogP contribution < -0.4 is 5.32 Å². The third-order valence-corrected chi connectivity index (χ3v) is 2.74. The van der Waals surface area contributed by atoms with Gasteiger partial charge >= 0.3 is 0 Å². The molecule has 0 aromatic heterocycles. The Hall–Kier alpha value is -2.24. The van der Waals surface area contributed by atoms with Crippen LogP contribution in [-0.2, 0) is 4.79 Å². The van der Waals surface area contributed by atoms with Crippen LogP contribution in [0.4, 0.5) is 5.69 Å². The number of nitro benzene ring substituents is 1. The van der Waals surface area contributed by atoms with E-state index < -0.39 is 11.0 Å². The molecule has 1 N–H and O–H groups in total. The van der Waals surface area contributed by atoms with Crippen molar-refractivity contribution in [3.05, 3.63) is 39.9 Å². The van der Waals surface area contributed by atoms with E-state index in [0.717, 1.165) is 0 Å². The number of hydrogen-bond donors (Lipinski definition) is 1. The summed E-state index contributed by atoms with van der Waals surface area (Å²) in [6.07, 6.45) is 0. The van der Waals surface area contributed by atoms with Crippen LogP contribution in [0.15, 0.2) is 29.3 Å². The summed E-state index contributed by atoms with van der Waals surface area (Å²) in [5.74, 6) is 0.343. The molecule has 0 spiro atoms. The lowest BCUT2D eigenvalue weighted by Crippen LogP contribution is -2.31. The van der Waals surface area contributed by atoms with Crippen LogP contribution in [0.25, 0.3) is 0 Å². The van der Waals surface area contributed by atoms with Crippen molar-refractivity contribution >= 4 is 17.4 Å². The van der Waals surface area contributed by atoms with Crippen molar-refractivity contribution in [3.63, 3.8) is 0 Å². The quantitative estimate of drug-likeness (QED) is 0.648. The van der Waals surface area contributed by atoms with Crippen molar-refractivity contribution in [1.29, 1.82) is 0 Å². The van der Waals surface area contributed by atoms with Gasteiger partial charge in [0.2, 0.25) is 0 Å². The number of hydrogen-bond acceptors (Lipinski definition) is 4. The Labute approximate surface area is 104 Å². The molecule has 1 heterocycles. The third kappa shape index (κ3) is 2.22. The van der Waals surface area contributed by atoms with Crippen LogP contribution in [0, 0.1) is 16.0 Å². The molecule has 1 aromatic rings. The number of nitrogens with zero attached hydrogens (tertiary/aromatic N) is 2. The van der Waals surface area contributed by atoms with E-state index in [4.69, 9.17) is 0 Å². The van der Waals surface area contributed by atoms with E-state index in [9.17, 15) is 14.9 Å². The molecule has 1 amide bonds. The maximum Gasteiger partial charge on any atom is 0.270 e. The van der Waals surface area contributed by atoms with Gasteiger partial charge in [-0.2, -0.15) is 0 Å². The SMILES string of the molecule is CC(C)C1N=C(c2cccc([N+](=O)[O-])c2)NC1=O. The van der Waals surface area contributed by atoms with Crippen molar-refractivity contribution < 1.29 is 9.72 Å². The number of carbonyl (C=O) groups excluding carboxylic acids is 1. The van der Waals surface area contributed by atoms with E-state index >= 15 is 0 Å². The lowest BCUT2D eigenvalue weighted by atomic mass is 10.1. The first-order chi connectivity index (χ1) is 8.49. The van der Waals surface area contributed by atoms with Gasteiger partial charge in [-0.05, 0) is 5.92 Å². The molecule has 0 aliphatic carbocycles. The Balaban J connectivity index is 2.33. The number of nitro groups is 1. The molecule has 1 aromatic carbocycles. The number of amides is 1. The predicted octanol–water partition coefficient (Wildman–Crippen LogP) is 1.50. The summed E-state index contributed by atoms with van der Waals surface area (Å²) in [5, 5.41) is 13.3. The number of nitrogens with one attached hydrogen (secondary N) is 1. The molecule has 18 heavy (non-hydrogen) atoms. The summed E-state index contributed by atoms with van der Waals surface area (Å²) in [6.45, 7) is 3.81. The summed E-state index contributed by atoms with van der Waals surface area (Å²) in [7, 11) is 0. The second-order valence-electron chi connectivity index (χ2n) is 4.46. The fourth-order valence-electron chi connectivity index (χ4n) is 1.79. The minimum Gasteiger partial charge on any atom is -0.309 e. The Morgan fingerprint density at radius 3 is 2.72 bits per heavy atom. The highest BCUT2D eigenvalue weighted by molar-refractivity contribution is 6.13. The highest BCUT2D eigenvalue weighted by Crippen LogP contribution is 2.18. The highest BCUT2D eigenvalue weighted by Gasteiger charge is 2.29. The zero-order valence-corrected chi connectivity index (χ0v) is 10.1. The number of carbonyl (C=O) groups is 1. The van der Waals surface area contributed by atoms with Crippen molar-refractivity contribution in [1.82, 2.24) is 5.32 Å². The molecule has 6 nitrogen and oxygen atoms in total. The van der Waals surface area contributed by atoms with Gasteiger partial charge in [0.25, 0.3) is 11.6 Å². The third-order valence-electron chi connectivity index (χ3n) is 2.74. The van der Waals surface area contributed by atoms with Gasteiger partial charge < -0.3 is 5.32 Å². The summed E-state index contributed by atoms with van der Waals surface area (Å²) in [5.41, 5.74) is 0.540. The van der Waals surface area contributed by atoms with Crippen molar-refractivity contribution in [2.24, 2.45) is 10.9 Å². The topological polar surface area (TPSA) is 84.6 Å². The molecule has 94 valence electrons. The average Bonchev–Trinajstić information content (AvgIpc) is 2.71. The van der Waals surface area contributed by atoms with Gasteiger partial charge in [0.05, 0.1) is 4.92 Å². The van der Waals surface area contributed by atoms with Crippen LogP contribution >= 0.6 is 0 Å². The first-order valence-corrected chi connectivity index (χ1v) is 5.62. The molecule has 0 bridgehead atoms. The standard InChI is InChI=1S/C12H13N3O3/c1-7(2)10-12(16)14-11(13-10)8-4-3-5-9(6-8)15(17)18/h3-7,10H,1-2H3,(H,13,14,16). The number of non-ortho nitro benzene ring substituents is 1. The average molecular weight is 247 g/mol. The first-order valence-electron chi connectivity index (χ1n) is 5.62. The van der Waals surface area contributed by atoms with Crippen LogP contribution in [-0.4, -0.2) is 22.7 Å². The molecule has 0 saturated heterocycles. The number of benzene rings is 1. The molecule has 1 aliphatic heterocycles. The van der Waals surface area contributed by atoms with E-state index in [2.05, 4.69) is 10.3 Å². The minimum absolute atomic E-state index is 0.0163. The van der Waals surface area contributed by atoms with E-state index in [1.54, 1.807) is 12.1 Å². The second kappa shape index (κ2) is 4.56. The van der Waals surface area contributed by atoms with Gasteiger partial charge in [-0.15, -0.1) is 0 Å². The van der Waals surface area contributed by atoms with Crippen molar-refractivity contribution in [3.8, 4) is 0 Å². The van der Waals surface area contributed by atoms with Gasteiger partial charge in [0.1, 0.15) is 11.9 Å². The maximum absolute atomic E-state index is 11.7. The van der Waals surface area contributed by atoms with Crippen LogP contribution in [0.5, 0.6) is 0 Å². The molecule has 2 rings (SSSR count). The number of rotatable bonds is 3. The molecule has 6 heteroatoms. The molecule has 1 aliphatic rings. The summed E-state index contributed by atoms with van der Waals surface area (Å²) >= 11 is 0. The maximum atomic E-state index is 11.7. The summed E-state index contributed by atoms with van der Waals surface area (Å²) in [6, 6.07) is 5.65. The minimum atomic E-state index is -0.471. The highest BCUT2D eigenvalue weighted by atomic mass is 16.6. The molecule has 0 fully saturated rings. The molecule has 1 unspecified atom stereocenters. The van der Waals surface area contributed by atoms with E-state index in [0.29, 0.717) is 11.4 Å². The zero-order chi connectivity index (χ0) is 13.3. The van der Waals surface area contributed by atoms with Gasteiger partial charge in [-0.1, -0.05) is 26.0 Å². The van der Waals surface area contributed by atoms with Gasteiger partial charge in [-0.25, -0.2) is 0 Å². The fourth-order valence-corrected chi connectivity index (χ4v) is 1.79. The lowest BCUT2D eigenvalue weighted by molar-refractivity contribution is -0.384. The smallest absolute Gasteiger partial charge is 0.270 e. The molecule has 0 saturated carbocycles. The van der Waals surface area contributed by atoms with Gasteiger partial charge in [0.15, 0.2) is 0 Å². The summed E-state index contributed by atoms with van der Waals surface area (Å²) < 4.78 is 0. The molecule has 0 radical (unpaired) electrons. The Morgan fingerprint density at radius 2 is 2.17 bits per heavy atom. The van der Waals surface area contributed by atoms with Crippen LogP contribution in [0.2, 0.25) is 0 Å². The van der Waals surface area contributed by atoms with E-state index in [1.807, 2.05) is 13.8 Å². The van der Waals surface area contributed by atoms with E-state index in [-0.39, 0.29) is 17.5 Å². The van der Waals surface area contributed by atoms with Crippen LogP contribution in [0.1, 0.15) is 19.4 Å². The second-order valence-corrected chi connectivity index (χ2v) is 4.46. The Kier molecular flexibility index (Phi) is 3.10. The number of aliphatic imine (C=N–C) groups is 1. The molecule has 1 atom stereocenters. The molecular weight excluding hydrogens is 234 g/mol. The normalized spacial score (nSPS) is 18.7. The number of amidine groups is 1. The monoisotopic (exact) mass is 247 g/mol. The van der Waals surface area contributed by atoms with Gasteiger partial charge in [-0.3, -0.25) is 19.9 Å². The first kappa shape index (κ1) is 12.2. The lowest BCUT2D eigenvalue weighted by Gasteiger charge is -2.06. The largest absolute Gasteiger partial charge is 0.309 e. The van der Waals surface area contributed by atoms with Crippen molar-refractivity contribution in [2.75, 3.05) is 0 Å². The Bertz CT molecular complexity index is 537. The van der Waals surface area contributed by atoms with Gasteiger partial charge in [0, 0.05) is 17.7 Å². The fraction of sp³-hybridized carbons (Fsp3) is 0.333. The summed E-state index contributed by atoms with van der Waals surface area (Å²) in [4.78, 5) is 26.1. The van der Waals surface area contributed by atoms with Crippen LogP contribution in [0.3, 0.4) is 0 Å². The molecular formula is C12H13N3O3. The predicted molar refractivity (Wildman–Crippen MR) is 66.4 cm³/mol. The van der Waals surface area contributed by atoms with E-state index in [1.165, 1.54) is 12.1 Å². The van der Waals surface area contributed by atoms with Crippen molar-refractivity contribution in [2.45, 2.75) is 19.9 Å². The zero-order valence-electron chi connectivity index (χ0n) is 10.1.